The number of pyridine rings is 1. The van der Waals surface area contributed by atoms with Gasteiger partial charge in [0.25, 0.3) is 0 Å². The Morgan fingerprint density at radius 3 is 2.85 bits per heavy atom. The SMILES string of the molecule is CCCNC(Cc1ccnc(N)c1)c1cccc(Br)c1. The fraction of sp³-hybridized carbons (Fsp3) is 0.312. The lowest BCUT2D eigenvalue weighted by molar-refractivity contribution is 0.529. The summed E-state index contributed by atoms with van der Waals surface area (Å²) in [6, 6.07) is 12.7. The Morgan fingerprint density at radius 1 is 1.30 bits per heavy atom. The van der Waals surface area contributed by atoms with Crippen LogP contribution in [0, 0.1) is 0 Å². The summed E-state index contributed by atoms with van der Waals surface area (Å²) in [7, 11) is 0. The second kappa shape index (κ2) is 7.41. The van der Waals surface area contributed by atoms with Crippen LogP contribution in [0.3, 0.4) is 0 Å². The van der Waals surface area contributed by atoms with Crippen LogP contribution in [0.25, 0.3) is 0 Å². The average Bonchev–Trinajstić information content (AvgIpc) is 2.43. The number of hydrogen-bond donors (Lipinski definition) is 2. The first-order valence-corrected chi connectivity index (χ1v) is 7.67. The van der Waals surface area contributed by atoms with E-state index in [1.54, 1.807) is 6.20 Å². The molecule has 0 saturated heterocycles. The van der Waals surface area contributed by atoms with E-state index in [1.165, 1.54) is 11.1 Å². The molecule has 0 aliphatic heterocycles. The number of rotatable bonds is 6. The van der Waals surface area contributed by atoms with Crippen LogP contribution in [0.15, 0.2) is 47.1 Å². The molecule has 1 heterocycles. The van der Waals surface area contributed by atoms with Crippen molar-refractivity contribution < 1.29 is 0 Å². The molecule has 0 aliphatic rings. The predicted octanol–water partition coefficient (Wildman–Crippen LogP) is 3.71. The van der Waals surface area contributed by atoms with Gasteiger partial charge >= 0.3 is 0 Å². The molecule has 0 radical (unpaired) electrons. The summed E-state index contributed by atoms with van der Waals surface area (Å²) in [5, 5.41) is 3.60. The van der Waals surface area contributed by atoms with Gasteiger partial charge in [0, 0.05) is 16.7 Å². The third kappa shape index (κ3) is 4.32. The zero-order valence-electron chi connectivity index (χ0n) is 11.6. The Kier molecular flexibility index (Phi) is 5.56. The fourth-order valence-electron chi connectivity index (χ4n) is 2.21. The zero-order chi connectivity index (χ0) is 14.4. The van der Waals surface area contributed by atoms with Gasteiger partial charge < -0.3 is 11.1 Å². The molecule has 1 aromatic heterocycles. The third-order valence-corrected chi connectivity index (χ3v) is 3.67. The van der Waals surface area contributed by atoms with E-state index >= 15 is 0 Å². The average molecular weight is 334 g/mol. The van der Waals surface area contributed by atoms with Crippen molar-refractivity contribution >= 4 is 21.7 Å². The minimum absolute atomic E-state index is 0.286. The minimum atomic E-state index is 0.286. The summed E-state index contributed by atoms with van der Waals surface area (Å²) < 4.78 is 1.10. The quantitative estimate of drug-likeness (QED) is 0.847. The van der Waals surface area contributed by atoms with Gasteiger partial charge in [0.1, 0.15) is 5.82 Å². The second-order valence-electron chi connectivity index (χ2n) is 4.85. The highest BCUT2D eigenvalue weighted by molar-refractivity contribution is 9.10. The van der Waals surface area contributed by atoms with E-state index in [0.29, 0.717) is 5.82 Å². The Labute approximate surface area is 128 Å². The van der Waals surface area contributed by atoms with E-state index in [4.69, 9.17) is 5.73 Å². The van der Waals surface area contributed by atoms with Gasteiger partial charge in [0.05, 0.1) is 0 Å². The van der Waals surface area contributed by atoms with E-state index in [2.05, 4.69) is 51.4 Å². The van der Waals surface area contributed by atoms with Crippen molar-refractivity contribution in [2.75, 3.05) is 12.3 Å². The van der Waals surface area contributed by atoms with Crippen molar-refractivity contribution in [3.63, 3.8) is 0 Å². The summed E-state index contributed by atoms with van der Waals surface area (Å²) in [5.41, 5.74) is 8.24. The molecule has 3 N–H and O–H groups in total. The largest absolute Gasteiger partial charge is 0.384 e. The zero-order valence-corrected chi connectivity index (χ0v) is 13.2. The normalized spacial score (nSPS) is 12.3. The molecule has 106 valence electrons. The maximum Gasteiger partial charge on any atom is 0.123 e. The lowest BCUT2D eigenvalue weighted by atomic mass is 9.99. The maximum atomic E-state index is 5.76. The van der Waals surface area contributed by atoms with E-state index < -0.39 is 0 Å². The van der Waals surface area contributed by atoms with Crippen LogP contribution in [0.5, 0.6) is 0 Å². The summed E-state index contributed by atoms with van der Waals surface area (Å²) >= 11 is 3.54. The van der Waals surface area contributed by atoms with E-state index in [-0.39, 0.29) is 6.04 Å². The highest BCUT2D eigenvalue weighted by atomic mass is 79.9. The number of benzene rings is 1. The molecular formula is C16H20BrN3. The fourth-order valence-corrected chi connectivity index (χ4v) is 2.62. The van der Waals surface area contributed by atoms with Gasteiger partial charge in [-0.05, 0) is 54.8 Å². The Balaban J connectivity index is 2.19. The lowest BCUT2D eigenvalue weighted by Gasteiger charge is -2.19. The molecule has 0 spiro atoms. The van der Waals surface area contributed by atoms with Gasteiger partial charge in [-0.1, -0.05) is 35.0 Å². The predicted molar refractivity (Wildman–Crippen MR) is 87.5 cm³/mol. The molecule has 0 bridgehead atoms. The molecule has 3 nitrogen and oxygen atoms in total. The van der Waals surface area contributed by atoms with E-state index in [0.717, 1.165) is 23.9 Å². The van der Waals surface area contributed by atoms with Gasteiger partial charge in [-0.2, -0.15) is 0 Å². The summed E-state index contributed by atoms with van der Waals surface area (Å²) in [5.74, 6) is 0.575. The van der Waals surface area contributed by atoms with Crippen molar-refractivity contribution in [1.29, 1.82) is 0 Å². The van der Waals surface area contributed by atoms with Crippen LogP contribution in [0.2, 0.25) is 0 Å². The number of nitrogens with one attached hydrogen (secondary N) is 1. The number of nitrogen functional groups attached to an aromatic ring is 1. The summed E-state index contributed by atoms with van der Waals surface area (Å²) in [6.07, 6.45) is 3.79. The topological polar surface area (TPSA) is 50.9 Å². The monoisotopic (exact) mass is 333 g/mol. The van der Waals surface area contributed by atoms with Crippen molar-refractivity contribution in [3.8, 4) is 0 Å². The molecule has 0 aliphatic carbocycles. The van der Waals surface area contributed by atoms with Gasteiger partial charge in [-0.25, -0.2) is 4.98 Å². The number of nitrogens with zero attached hydrogens (tertiary/aromatic N) is 1. The smallest absolute Gasteiger partial charge is 0.123 e. The van der Waals surface area contributed by atoms with Gasteiger partial charge in [0.15, 0.2) is 0 Å². The standard InChI is InChI=1S/C16H20BrN3/c1-2-7-19-15(13-4-3-5-14(17)11-13)9-12-6-8-20-16(18)10-12/h3-6,8,10-11,15,19H,2,7,9H2,1H3,(H2,18,20). The molecule has 4 heteroatoms. The summed E-state index contributed by atoms with van der Waals surface area (Å²) in [4.78, 5) is 4.05. The minimum Gasteiger partial charge on any atom is -0.384 e. The molecule has 1 atom stereocenters. The van der Waals surface area contributed by atoms with Crippen LogP contribution in [-0.2, 0) is 6.42 Å². The number of anilines is 1. The molecule has 1 aromatic carbocycles. The molecule has 1 unspecified atom stereocenters. The number of nitrogens with two attached hydrogens (primary N) is 1. The Morgan fingerprint density at radius 2 is 2.15 bits per heavy atom. The van der Waals surface area contributed by atoms with Crippen LogP contribution in [0.1, 0.15) is 30.5 Å². The number of aromatic nitrogens is 1. The summed E-state index contributed by atoms with van der Waals surface area (Å²) in [6.45, 7) is 3.17. The second-order valence-corrected chi connectivity index (χ2v) is 5.77. The van der Waals surface area contributed by atoms with E-state index in [9.17, 15) is 0 Å². The number of hydrogen-bond acceptors (Lipinski definition) is 3. The maximum absolute atomic E-state index is 5.76. The molecule has 0 fully saturated rings. The highest BCUT2D eigenvalue weighted by Gasteiger charge is 2.12. The van der Waals surface area contributed by atoms with Crippen molar-refractivity contribution in [1.82, 2.24) is 10.3 Å². The first-order chi connectivity index (χ1) is 9.69. The van der Waals surface area contributed by atoms with Crippen LogP contribution < -0.4 is 11.1 Å². The lowest BCUT2D eigenvalue weighted by Crippen LogP contribution is -2.24. The van der Waals surface area contributed by atoms with E-state index in [1.807, 2.05) is 18.2 Å². The van der Waals surface area contributed by atoms with Crippen LogP contribution in [-0.4, -0.2) is 11.5 Å². The Bertz CT molecular complexity index is 557. The van der Waals surface area contributed by atoms with Gasteiger partial charge in [0.2, 0.25) is 0 Å². The molecule has 20 heavy (non-hydrogen) atoms. The van der Waals surface area contributed by atoms with Crippen molar-refractivity contribution in [2.24, 2.45) is 0 Å². The van der Waals surface area contributed by atoms with Crippen molar-refractivity contribution in [2.45, 2.75) is 25.8 Å². The van der Waals surface area contributed by atoms with Crippen LogP contribution in [0.4, 0.5) is 5.82 Å². The Hall–Kier alpha value is -1.39. The van der Waals surface area contributed by atoms with Gasteiger partial charge in [-0.3, -0.25) is 0 Å². The van der Waals surface area contributed by atoms with Crippen molar-refractivity contribution in [3.05, 3.63) is 58.2 Å². The highest BCUT2D eigenvalue weighted by Crippen LogP contribution is 2.22. The first-order valence-electron chi connectivity index (χ1n) is 6.88. The van der Waals surface area contributed by atoms with Crippen LogP contribution >= 0.6 is 15.9 Å². The number of halogens is 1. The van der Waals surface area contributed by atoms with Gasteiger partial charge in [-0.15, -0.1) is 0 Å². The first kappa shape index (κ1) is 15.0. The molecular weight excluding hydrogens is 314 g/mol. The molecule has 0 saturated carbocycles. The third-order valence-electron chi connectivity index (χ3n) is 3.18. The molecule has 0 amide bonds. The molecule has 2 aromatic rings. The molecule has 2 rings (SSSR count).